The lowest BCUT2D eigenvalue weighted by molar-refractivity contribution is -0.143. The smallest absolute Gasteiger partial charge is 0.329 e. The van der Waals surface area contributed by atoms with Crippen LogP contribution in [0, 0.1) is 0 Å². The number of hydrogen-bond acceptors (Lipinski definition) is 6. The molecular formula is C12H22FNO7. The number of aliphatic carboxylic acids is 1. The van der Waals surface area contributed by atoms with Crippen LogP contribution in [0.25, 0.3) is 0 Å². The number of nitrogens with one attached hydrogen (secondary N) is 1. The normalized spacial score (nSPS) is 10.5. The molecule has 0 spiro atoms. The molecular weight excluding hydrogens is 289 g/mol. The van der Waals surface area contributed by atoms with E-state index in [4.69, 9.17) is 19.3 Å². The quantitative estimate of drug-likeness (QED) is 0.382. The van der Waals surface area contributed by atoms with Crippen molar-refractivity contribution in [2.45, 2.75) is 0 Å². The first-order valence-electron chi connectivity index (χ1n) is 6.52. The molecule has 21 heavy (non-hydrogen) atoms. The van der Waals surface area contributed by atoms with Crippen LogP contribution >= 0.6 is 0 Å². The summed E-state index contributed by atoms with van der Waals surface area (Å²) in [5.74, 6) is -1.53. The van der Waals surface area contributed by atoms with Gasteiger partial charge in [-0.05, 0) is 0 Å². The number of rotatable bonds is 15. The molecule has 0 aliphatic rings. The molecule has 0 rings (SSSR count). The number of hydrogen-bond donors (Lipinski definition) is 2. The third-order valence-electron chi connectivity index (χ3n) is 1.99. The van der Waals surface area contributed by atoms with Crippen molar-refractivity contribution >= 4 is 11.9 Å². The van der Waals surface area contributed by atoms with E-state index in [-0.39, 0.29) is 13.2 Å². The predicted molar refractivity (Wildman–Crippen MR) is 69.9 cm³/mol. The second-order valence-corrected chi connectivity index (χ2v) is 3.76. The highest BCUT2D eigenvalue weighted by Crippen LogP contribution is 1.82. The molecule has 0 aromatic heterocycles. The molecule has 0 atom stereocenters. The van der Waals surface area contributed by atoms with Crippen molar-refractivity contribution in [2.24, 2.45) is 0 Å². The SMILES string of the molecule is O=C(O)COCC(=O)NCCOCCOCCOCCF. The summed E-state index contributed by atoms with van der Waals surface area (Å²) in [5, 5.41) is 10.8. The Morgan fingerprint density at radius 2 is 1.43 bits per heavy atom. The van der Waals surface area contributed by atoms with E-state index in [9.17, 15) is 14.0 Å². The van der Waals surface area contributed by atoms with Gasteiger partial charge in [0.2, 0.25) is 5.91 Å². The van der Waals surface area contributed by atoms with E-state index in [0.717, 1.165) is 0 Å². The number of halogens is 1. The molecule has 9 heteroatoms. The first kappa shape index (κ1) is 19.7. The molecule has 0 bridgehead atoms. The minimum absolute atomic E-state index is 0.0791. The number of carbonyl (C=O) groups excluding carboxylic acids is 1. The Labute approximate surface area is 122 Å². The molecule has 8 nitrogen and oxygen atoms in total. The Morgan fingerprint density at radius 1 is 0.857 bits per heavy atom. The summed E-state index contributed by atoms with van der Waals surface area (Å²) in [6.07, 6.45) is 0. The largest absolute Gasteiger partial charge is 0.480 e. The van der Waals surface area contributed by atoms with Gasteiger partial charge in [-0.3, -0.25) is 4.79 Å². The number of carboxylic acid groups (broad SMARTS) is 1. The van der Waals surface area contributed by atoms with E-state index >= 15 is 0 Å². The number of carboxylic acids is 1. The van der Waals surface area contributed by atoms with Crippen molar-refractivity contribution in [1.82, 2.24) is 5.32 Å². The first-order valence-corrected chi connectivity index (χ1v) is 6.52. The molecule has 0 saturated carbocycles. The number of carbonyl (C=O) groups is 2. The molecule has 0 aliphatic carbocycles. The Bertz CT molecular complexity index is 278. The van der Waals surface area contributed by atoms with Crippen LogP contribution in [0.3, 0.4) is 0 Å². The minimum atomic E-state index is -1.12. The zero-order valence-electron chi connectivity index (χ0n) is 11.8. The van der Waals surface area contributed by atoms with Gasteiger partial charge >= 0.3 is 5.97 Å². The second kappa shape index (κ2) is 15.1. The van der Waals surface area contributed by atoms with Crippen LogP contribution in [-0.4, -0.2) is 83.1 Å². The Morgan fingerprint density at radius 3 is 2.00 bits per heavy atom. The van der Waals surface area contributed by atoms with E-state index in [1.807, 2.05) is 0 Å². The maximum Gasteiger partial charge on any atom is 0.329 e. The summed E-state index contributed by atoms with van der Waals surface area (Å²) in [4.78, 5) is 21.3. The molecule has 124 valence electrons. The van der Waals surface area contributed by atoms with Crippen LogP contribution in [0.5, 0.6) is 0 Å². The minimum Gasteiger partial charge on any atom is -0.480 e. The van der Waals surface area contributed by atoms with Crippen molar-refractivity contribution in [3.63, 3.8) is 0 Å². The van der Waals surface area contributed by atoms with Gasteiger partial charge in [0.25, 0.3) is 0 Å². The van der Waals surface area contributed by atoms with Crippen molar-refractivity contribution in [1.29, 1.82) is 0 Å². The Balaban J connectivity index is 3.14. The van der Waals surface area contributed by atoms with E-state index in [1.54, 1.807) is 0 Å². The molecule has 0 heterocycles. The summed E-state index contributed by atoms with van der Waals surface area (Å²) >= 11 is 0. The van der Waals surface area contributed by atoms with Crippen LogP contribution < -0.4 is 5.32 Å². The van der Waals surface area contributed by atoms with Gasteiger partial charge in [-0.1, -0.05) is 0 Å². The molecule has 0 saturated heterocycles. The fourth-order valence-electron chi connectivity index (χ4n) is 1.14. The molecule has 0 radical (unpaired) electrons. The number of ether oxygens (including phenoxy) is 4. The third kappa shape index (κ3) is 16.7. The Kier molecular flexibility index (Phi) is 14.2. The summed E-state index contributed by atoms with van der Waals surface area (Å²) in [5.41, 5.74) is 0. The van der Waals surface area contributed by atoms with Gasteiger partial charge in [-0.15, -0.1) is 0 Å². The third-order valence-corrected chi connectivity index (χ3v) is 1.99. The molecule has 0 fully saturated rings. The van der Waals surface area contributed by atoms with Gasteiger partial charge in [-0.25, -0.2) is 9.18 Å². The van der Waals surface area contributed by atoms with Crippen molar-refractivity contribution in [3.05, 3.63) is 0 Å². The average molecular weight is 311 g/mol. The zero-order valence-corrected chi connectivity index (χ0v) is 11.8. The molecule has 2 N–H and O–H groups in total. The summed E-state index contributed by atoms with van der Waals surface area (Å²) in [6.45, 7) is 0.859. The van der Waals surface area contributed by atoms with Gasteiger partial charge in [0.05, 0.1) is 39.6 Å². The maximum atomic E-state index is 11.7. The predicted octanol–water partition coefficient (Wildman–Crippen LogP) is -0.777. The topological polar surface area (TPSA) is 103 Å². The van der Waals surface area contributed by atoms with Crippen LogP contribution in [-0.2, 0) is 28.5 Å². The van der Waals surface area contributed by atoms with E-state index in [0.29, 0.717) is 39.6 Å². The van der Waals surface area contributed by atoms with Gasteiger partial charge in [0, 0.05) is 6.54 Å². The second-order valence-electron chi connectivity index (χ2n) is 3.76. The van der Waals surface area contributed by atoms with E-state index < -0.39 is 25.2 Å². The van der Waals surface area contributed by atoms with Gasteiger partial charge in [0.15, 0.2) is 0 Å². The Hall–Kier alpha value is -1.29. The fourth-order valence-corrected chi connectivity index (χ4v) is 1.14. The lowest BCUT2D eigenvalue weighted by Crippen LogP contribution is -2.31. The molecule has 0 aliphatic heterocycles. The lowest BCUT2D eigenvalue weighted by atomic mass is 10.6. The van der Waals surface area contributed by atoms with Crippen LogP contribution in [0.4, 0.5) is 4.39 Å². The van der Waals surface area contributed by atoms with E-state index in [2.05, 4.69) is 10.1 Å². The standard InChI is InChI=1S/C12H22FNO7/c13-1-3-18-5-7-20-8-6-19-4-2-14-11(15)9-21-10-12(16)17/h1-10H2,(H,14,15)(H,16,17). The molecule has 0 aromatic carbocycles. The van der Waals surface area contributed by atoms with Crippen molar-refractivity contribution < 1.29 is 38.0 Å². The summed E-state index contributed by atoms with van der Waals surface area (Å²) < 4.78 is 31.4. The van der Waals surface area contributed by atoms with Crippen molar-refractivity contribution in [3.8, 4) is 0 Å². The zero-order chi connectivity index (χ0) is 15.8. The highest BCUT2D eigenvalue weighted by atomic mass is 19.1. The summed E-state index contributed by atoms with van der Waals surface area (Å²) in [7, 11) is 0. The highest BCUT2D eigenvalue weighted by Gasteiger charge is 2.02. The van der Waals surface area contributed by atoms with Gasteiger partial charge in [0.1, 0.15) is 19.9 Å². The fraction of sp³-hybridized carbons (Fsp3) is 0.833. The van der Waals surface area contributed by atoms with Crippen molar-refractivity contribution in [2.75, 3.05) is 66.1 Å². The molecule has 1 amide bonds. The maximum absolute atomic E-state index is 11.7. The number of amides is 1. The van der Waals surface area contributed by atoms with E-state index in [1.165, 1.54) is 0 Å². The van der Waals surface area contributed by atoms with Crippen LogP contribution in [0.2, 0.25) is 0 Å². The highest BCUT2D eigenvalue weighted by molar-refractivity contribution is 5.77. The lowest BCUT2D eigenvalue weighted by Gasteiger charge is -2.07. The van der Waals surface area contributed by atoms with Gasteiger partial charge in [-0.2, -0.15) is 0 Å². The number of alkyl halides is 1. The summed E-state index contributed by atoms with van der Waals surface area (Å²) in [6, 6.07) is 0. The first-order chi connectivity index (χ1) is 10.2. The van der Waals surface area contributed by atoms with Crippen LogP contribution in [0.1, 0.15) is 0 Å². The average Bonchev–Trinajstić information content (AvgIpc) is 2.44. The van der Waals surface area contributed by atoms with Crippen LogP contribution in [0.15, 0.2) is 0 Å². The molecule has 0 unspecified atom stereocenters. The van der Waals surface area contributed by atoms with Gasteiger partial charge < -0.3 is 29.4 Å². The monoisotopic (exact) mass is 311 g/mol. The molecule has 0 aromatic rings.